The van der Waals surface area contributed by atoms with Gasteiger partial charge in [0.2, 0.25) is 0 Å². The first-order chi connectivity index (χ1) is 13.6. The second-order valence-corrected chi connectivity index (χ2v) is 8.37. The van der Waals surface area contributed by atoms with Gasteiger partial charge in [0, 0.05) is 28.7 Å². The summed E-state index contributed by atoms with van der Waals surface area (Å²) in [5.41, 5.74) is 2.49. The summed E-state index contributed by atoms with van der Waals surface area (Å²) in [6, 6.07) is 10.9. The van der Waals surface area contributed by atoms with Crippen LogP contribution >= 0.6 is 34.5 Å². The largest absolute Gasteiger partial charge is 0.298 e. The molecule has 1 fully saturated rings. The van der Waals surface area contributed by atoms with Crippen molar-refractivity contribution in [1.29, 1.82) is 0 Å². The molecule has 0 aliphatic carbocycles. The Labute approximate surface area is 177 Å². The molecule has 28 heavy (non-hydrogen) atoms. The van der Waals surface area contributed by atoms with Crippen molar-refractivity contribution >= 4 is 45.6 Å². The highest BCUT2D eigenvalue weighted by Gasteiger charge is 2.28. The average molecular weight is 433 g/mol. The molecule has 8 heteroatoms. The van der Waals surface area contributed by atoms with Crippen molar-refractivity contribution in [2.24, 2.45) is 0 Å². The number of nitrogens with one attached hydrogen (secondary N) is 1. The van der Waals surface area contributed by atoms with Crippen LogP contribution in [0.3, 0.4) is 0 Å². The number of amides is 1. The molecule has 1 atom stereocenters. The maximum atomic E-state index is 12.4. The molecule has 5 nitrogen and oxygen atoms in total. The van der Waals surface area contributed by atoms with E-state index in [1.165, 1.54) is 11.3 Å². The molecule has 0 spiro atoms. The number of hydrogen-bond donors (Lipinski definition) is 1. The predicted molar refractivity (Wildman–Crippen MR) is 113 cm³/mol. The number of rotatable bonds is 5. The molecule has 1 aliphatic heterocycles. The Kier molecular flexibility index (Phi) is 5.92. The molecule has 0 radical (unpaired) electrons. The van der Waals surface area contributed by atoms with Crippen LogP contribution in [0.5, 0.6) is 0 Å². The molecule has 1 N–H and O–H groups in total. The number of carbonyl (C=O) groups is 1. The van der Waals surface area contributed by atoms with Gasteiger partial charge in [-0.1, -0.05) is 29.3 Å². The first-order valence-corrected chi connectivity index (χ1v) is 10.6. The smallest absolute Gasteiger partial charge is 0.257 e. The zero-order valence-electron chi connectivity index (χ0n) is 14.9. The van der Waals surface area contributed by atoms with Crippen LogP contribution in [0.2, 0.25) is 10.0 Å². The fourth-order valence-electron chi connectivity index (χ4n) is 3.35. The van der Waals surface area contributed by atoms with Gasteiger partial charge in [0.25, 0.3) is 5.91 Å². The summed E-state index contributed by atoms with van der Waals surface area (Å²) in [5.74, 6) is -0.211. The van der Waals surface area contributed by atoms with Crippen LogP contribution < -0.4 is 5.32 Å². The van der Waals surface area contributed by atoms with Gasteiger partial charge in [-0.2, -0.15) is 0 Å². The van der Waals surface area contributed by atoms with Crippen molar-refractivity contribution in [3.05, 3.63) is 75.0 Å². The van der Waals surface area contributed by atoms with Gasteiger partial charge in [-0.05, 0) is 49.7 Å². The number of halogens is 2. The second kappa shape index (κ2) is 8.57. The number of hydrogen-bond acceptors (Lipinski definition) is 5. The van der Waals surface area contributed by atoms with Crippen LogP contribution in [0.1, 0.15) is 40.6 Å². The number of carbonyl (C=O) groups excluding carboxylic acids is 1. The SMILES string of the molecule is O=C(Nc1nc(C2CCCN2Cc2ccc(Cl)cn2)cs1)c1cccc(Cl)c1. The quantitative estimate of drug-likeness (QED) is 0.583. The Morgan fingerprint density at radius 1 is 1.25 bits per heavy atom. The maximum Gasteiger partial charge on any atom is 0.257 e. The number of pyridine rings is 1. The van der Waals surface area contributed by atoms with Crippen LogP contribution in [-0.2, 0) is 6.54 Å². The Balaban J connectivity index is 1.44. The van der Waals surface area contributed by atoms with E-state index in [0.29, 0.717) is 20.7 Å². The van der Waals surface area contributed by atoms with E-state index in [9.17, 15) is 4.79 Å². The molecule has 0 bridgehead atoms. The first kappa shape index (κ1) is 19.3. The molecule has 1 amide bonds. The van der Waals surface area contributed by atoms with E-state index in [-0.39, 0.29) is 11.9 Å². The number of aromatic nitrogens is 2. The molecule has 3 aromatic rings. The summed E-state index contributed by atoms with van der Waals surface area (Å²) < 4.78 is 0. The van der Waals surface area contributed by atoms with Crippen LogP contribution in [0.25, 0.3) is 0 Å². The van der Waals surface area contributed by atoms with E-state index in [1.54, 1.807) is 30.5 Å². The number of anilines is 1. The third kappa shape index (κ3) is 4.52. The molecule has 0 saturated carbocycles. The summed E-state index contributed by atoms with van der Waals surface area (Å²) in [6.07, 6.45) is 3.83. The van der Waals surface area contributed by atoms with Gasteiger partial charge in [-0.15, -0.1) is 11.3 Å². The lowest BCUT2D eigenvalue weighted by molar-refractivity contribution is 0.102. The lowest BCUT2D eigenvalue weighted by Crippen LogP contribution is -2.23. The van der Waals surface area contributed by atoms with E-state index in [4.69, 9.17) is 23.2 Å². The fraction of sp³-hybridized carbons (Fsp3) is 0.250. The van der Waals surface area contributed by atoms with Crippen molar-refractivity contribution < 1.29 is 4.79 Å². The Morgan fingerprint density at radius 3 is 2.93 bits per heavy atom. The standard InChI is InChI=1S/C20H18Cl2N4OS/c21-14-4-1-3-13(9-14)19(27)25-20-24-17(12-28-20)18-5-2-8-26(18)11-16-7-6-15(22)10-23-16/h1,3-4,6-7,9-10,12,18H,2,5,8,11H2,(H,24,25,27). The van der Waals surface area contributed by atoms with E-state index in [2.05, 4.69) is 20.2 Å². The zero-order valence-corrected chi connectivity index (χ0v) is 17.3. The van der Waals surface area contributed by atoms with Crippen molar-refractivity contribution in [2.45, 2.75) is 25.4 Å². The van der Waals surface area contributed by atoms with Gasteiger partial charge in [0.05, 0.1) is 22.5 Å². The second-order valence-electron chi connectivity index (χ2n) is 6.64. The van der Waals surface area contributed by atoms with Crippen LogP contribution in [0.4, 0.5) is 5.13 Å². The number of thiazole rings is 1. The average Bonchev–Trinajstić information content (AvgIpc) is 3.33. The highest BCUT2D eigenvalue weighted by atomic mass is 35.5. The predicted octanol–water partition coefficient (Wildman–Crippen LogP) is 5.43. The van der Waals surface area contributed by atoms with Gasteiger partial charge in [-0.25, -0.2) is 4.98 Å². The molecule has 1 aliphatic rings. The topological polar surface area (TPSA) is 58.1 Å². The molecule has 2 aromatic heterocycles. The summed E-state index contributed by atoms with van der Waals surface area (Å²) in [7, 11) is 0. The molecule has 1 saturated heterocycles. The molecule has 144 valence electrons. The van der Waals surface area contributed by atoms with E-state index < -0.39 is 0 Å². The fourth-order valence-corrected chi connectivity index (χ4v) is 4.41. The number of likely N-dealkylation sites (tertiary alicyclic amines) is 1. The van der Waals surface area contributed by atoms with Gasteiger partial charge in [-0.3, -0.25) is 20.0 Å². The third-order valence-electron chi connectivity index (χ3n) is 4.69. The van der Waals surface area contributed by atoms with Gasteiger partial charge in [0.15, 0.2) is 5.13 Å². The highest BCUT2D eigenvalue weighted by Crippen LogP contribution is 2.34. The van der Waals surface area contributed by atoms with Crippen LogP contribution in [0, 0.1) is 0 Å². The monoisotopic (exact) mass is 432 g/mol. The Hall–Kier alpha value is -1.99. The lowest BCUT2D eigenvalue weighted by atomic mass is 10.1. The summed E-state index contributed by atoms with van der Waals surface area (Å²) in [4.78, 5) is 23.8. The minimum atomic E-state index is -0.211. The lowest BCUT2D eigenvalue weighted by Gasteiger charge is -2.22. The van der Waals surface area contributed by atoms with E-state index >= 15 is 0 Å². The Bertz CT molecular complexity index is 976. The molecule has 3 heterocycles. The van der Waals surface area contributed by atoms with Gasteiger partial charge < -0.3 is 0 Å². The maximum absolute atomic E-state index is 12.4. The molecule has 1 unspecified atom stereocenters. The van der Waals surface area contributed by atoms with Gasteiger partial charge >= 0.3 is 0 Å². The zero-order chi connectivity index (χ0) is 19.5. The van der Waals surface area contributed by atoms with E-state index in [0.717, 1.165) is 37.3 Å². The number of benzene rings is 1. The van der Waals surface area contributed by atoms with Crippen molar-refractivity contribution in [3.8, 4) is 0 Å². The van der Waals surface area contributed by atoms with E-state index in [1.807, 2.05) is 17.5 Å². The third-order valence-corrected chi connectivity index (χ3v) is 5.92. The van der Waals surface area contributed by atoms with Crippen molar-refractivity contribution in [1.82, 2.24) is 14.9 Å². The molecular formula is C20H18Cl2N4OS. The highest BCUT2D eigenvalue weighted by molar-refractivity contribution is 7.14. The Morgan fingerprint density at radius 2 is 2.14 bits per heavy atom. The van der Waals surface area contributed by atoms with Crippen molar-refractivity contribution in [2.75, 3.05) is 11.9 Å². The molecule has 1 aromatic carbocycles. The normalized spacial score (nSPS) is 17.0. The summed E-state index contributed by atoms with van der Waals surface area (Å²) in [6.45, 7) is 1.75. The summed E-state index contributed by atoms with van der Waals surface area (Å²) >= 11 is 13.3. The first-order valence-electron chi connectivity index (χ1n) is 8.95. The van der Waals surface area contributed by atoms with Crippen molar-refractivity contribution in [3.63, 3.8) is 0 Å². The number of nitrogens with zero attached hydrogens (tertiary/aromatic N) is 3. The summed E-state index contributed by atoms with van der Waals surface area (Å²) in [5, 5.41) is 6.65. The minimum Gasteiger partial charge on any atom is -0.298 e. The molecule has 4 rings (SSSR count). The van der Waals surface area contributed by atoms with Crippen LogP contribution in [0.15, 0.2) is 48.0 Å². The van der Waals surface area contributed by atoms with Gasteiger partial charge in [0.1, 0.15) is 0 Å². The molecular weight excluding hydrogens is 415 g/mol. The van der Waals surface area contributed by atoms with Crippen LogP contribution in [-0.4, -0.2) is 27.3 Å². The minimum absolute atomic E-state index is 0.211.